The van der Waals surface area contributed by atoms with Gasteiger partial charge in [0.1, 0.15) is 0 Å². The molecule has 0 spiro atoms. The monoisotopic (exact) mass is 233 g/mol. The SMILES string of the molecule is OC1(Cc2csc(Br)n2)CC1. The topological polar surface area (TPSA) is 33.1 Å². The lowest BCUT2D eigenvalue weighted by molar-refractivity contribution is 0.150. The Hall–Kier alpha value is 0.0700. The van der Waals surface area contributed by atoms with Crippen LogP contribution in [0.1, 0.15) is 18.5 Å². The fourth-order valence-corrected chi connectivity index (χ4v) is 2.07. The Labute approximate surface area is 77.4 Å². The fourth-order valence-electron chi connectivity index (χ4n) is 1.02. The predicted molar refractivity (Wildman–Crippen MR) is 47.7 cm³/mol. The van der Waals surface area contributed by atoms with Crippen LogP contribution in [0.2, 0.25) is 0 Å². The summed E-state index contributed by atoms with van der Waals surface area (Å²) in [4.78, 5) is 4.21. The lowest BCUT2D eigenvalue weighted by Gasteiger charge is -2.02. The third kappa shape index (κ3) is 1.80. The molecule has 2 rings (SSSR count). The first-order chi connectivity index (χ1) is 5.18. The second-order valence-corrected chi connectivity index (χ2v) is 5.13. The highest BCUT2D eigenvalue weighted by Crippen LogP contribution is 2.38. The third-order valence-electron chi connectivity index (χ3n) is 1.86. The van der Waals surface area contributed by atoms with Gasteiger partial charge in [0.05, 0.1) is 11.3 Å². The molecule has 2 nitrogen and oxygen atoms in total. The summed E-state index contributed by atoms with van der Waals surface area (Å²) < 4.78 is 0.900. The van der Waals surface area contributed by atoms with E-state index in [-0.39, 0.29) is 0 Å². The molecule has 1 heterocycles. The second kappa shape index (κ2) is 2.54. The highest BCUT2D eigenvalue weighted by Gasteiger charge is 2.40. The zero-order chi connectivity index (χ0) is 7.90. The quantitative estimate of drug-likeness (QED) is 0.848. The van der Waals surface area contributed by atoms with Gasteiger partial charge in [0, 0.05) is 11.8 Å². The normalized spacial score (nSPS) is 20.2. The van der Waals surface area contributed by atoms with E-state index in [1.165, 1.54) is 0 Å². The van der Waals surface area contributed by atoms with Gasteiger partial charge in [-0.05, 0) is 28.8 Å². The summed E-state index contributed by atoms with van der Waals surface area (Å²) in [5.41, 5.74) is 0.593. The van der Waals surface area contributed by atoms with Crippen LogP contribution in [-0.4, -0.2) is 15.7 Å². The van der Waals surface area contributed by atoms with Crippen LogP contribution in [0.25, 0.3) is 0 Å². The van der Waals surface area contributed by atoms with Crippen LogP contribution in [0.5, 0.6) is 0 Å². The van der Waals surface area contributed by atoms with Crippen molar-refractivity contribution in [2.45, 2.75) is 24.9 Å². The van der Waals surface area contributed by atoms with Crippen molar-refractivity contribution in [1.82, 2.24) is 4.98 Å². The molecule has 1 fully saturated rings. The first-order valence-electron chi connectivity index (χ1n) is 3.50. The Balaban J connectivity index is 2.06. The predicted octanol–water partition coefficient (Wildman–Crippen LogP) is 1.97. The molecule has 11 heavy (non-hydrogen) atoms. The van der Waals surface area contributed by atoms with Gasteiger partial charge in [-0.3, -0.25) is 0 Å². The number of thiazole rings is 1. The summed E-state index contributed by atoms with van der Waals surface area (Å²) in [6, 6.07) is 0. The summed E-state index contributed by atoms with van der Waals surface area (Å²) in [5, 5.41) is 11.5. The Morgan fingerprint density at radius 1 is 1.73 bits per heavy atom. The first kappa shape index (κ1) is 7.71. The molecule has 1 aromatic rings. The molecule has 4 heteroatoms. The zero-order valence-electron chi connectivity index (χ0n) is 5.88. The molecule has 1 aliphatic rings. The number of aromatic nitrogens is 1. The Morgan fingerprint density at radius 3 is 2.91 bits per heavy atom. The van der Waals surface area contributed by atoms with E-state index in [0.717, 1.165) is 28.9 Å². The molecule has 0 unspecified atom stereocenters. The van der Waals surface area contributed by atoms with E-state index in [9.17, 15) is 5.11 Å². The van der Waals surface area contributed by atoms with Crippen molar-refractivity contribution in [3.05, 3.63) is 15.0 Å². The van der Waals surface area contributed by atoms with Crippen LogP contribution in [0.4, 0.5) is 0 Å². The van der Waals surface area contributed by atoms with Crippen molar-refractivity contribution >= 4 is 27.3 Å². The van der Waals surface area contributed by atoms with Crippen molar-refractivity contribution in [3.63, 3.8) is 0 Å². The second-order valence-electron chi connectivity index (χ2n) is 2.99. The van der Waals surface area contributed by atoms with Crippen LogP contribution in [-0.2, 0) is 6.42 Å². The van der Waals surface area contributed by atoms with Crippen molar-refractivity contribution in [1.29, 1.82) is 0 Å². The maximum Gasteiger partial charge on any atom is 0.159 e. The highest BCUT2D eigenvalue weighted by molar-refractivity contribution is 9.11. The van der Waals surface area contributed by atoms with Gasteiger partial charge in [0.2, 0.25) is 0 Å². The van der Waals surface area contributed by atoms with E-state index < -0.39 is 5.60 Å². The van der Waals surface area contributed by atoms with Gasteiger partial charge in [-0.15, -0.1) is 11.3 Å². The number of aliphatic hydroxyl groups is 1. The molecule has 60 valence electrons. The Morgan fingerprint density at radius 2 is 2.45 bits per heavy atom. The average molecular weight is 234 g/mol. The number of nitrogens with zero attached hydrogens (tertiary/aromatic N) is 1. The molecule has 1 N–H and O–H groups in total. The smallest absolute Gasteiger partial charge is 0.159 e. The van der Waals surface area contributed by atoms with E-state index in [1.807, 2.05) is 5.38 Å². The number of hydrogen-bond acceptors (Lipinski definition) is 3. The minimum absolute atomic E-state index is 0.409. The summed E-state index contributed by atoms with van der Waals surface area (Å²) in [7, 11) is 0. The molecule has 0 atom stereocenters. The van der Waals surface area contributed by atoms with E-state index >= 15 is 0 Å². The Kier molecular flexibility index (Phi) is 1.78. The van der Waals surface area contributed by atoms with Crippen molar-refractivity contribution in [2.24, 2.45) is 0 Å². The minimum atomic E-state index is -0.409. The molecular weight excluding hydrogens is 226 g/mol. The molecule has 0 amide bonds. The van der Waals surface area contributed by atoms with Gasteiger partial charge >= 0.3 is 0 Å². The molecule has 0 radical (unpaired) electrons. The Bertz CT molecular complexity index is 269. The summed E-state index contributed by atoms with van der Waals surface area (Å²) in [6.07, 6.45) is 2.58. The maximum atomic E-state index is 9.54. The fraction of sp³-hybridized carbons (Fsp3) is 0.571. The van der Waals surface area contributed by atoms with Crippen molar-refractivity contribution in [3.8, 4) is 0 Å². The molecule has 1 aromatic heterocycles. The molecule has 1 aliphatic carbocycles. The van der Waals surface area contributed by atoms with Crippen molar-refractivity contribution in [2.75, 3.05) is 0 Å². The molecule has 0 saturated heterocycles. The summed E-state index contributed by atoms with van der Waals surface area (Å²) in [5.74, 6) is 0. The van der Waals surface area contributed by atoms with E-state index in [2.05, 4.69) is 20.9 Å². The molecule has 0 aromatic carbocycles. The van der Waals surface area contributed by atoms with Gasteiger partial charge in [-0.2, -0.15) is 0 Å². The lowest BCUT2D eigenvalue weighted by Crippen LogP contribution is -2.10. The van der Waals surface area contributed by atoms with E-state index in [1.54, 1.807) is 11.3 Å². The van der Waals surface area contributed by atoms with Crippen molar-refractivity contribution < 1.29 is 5.11 Å². The third-order valence-corrected chi connectivity index (χ3v) is 3.27. The van der Waals surface area contributed by atoms with Gasteiger partial charge in [-0.25, -0.2) is 4.98 Å². The number of halogens is 1. The minimum Gasteiger partial charge on any atom is -0.389 e. The summed E-state index contributed by atoms with van der Waals surface area (Å²) in [6.45, 7) is 0. The van der Waals surface area contributed by atoms with Gasteiger partial charge in [-0.1, -0.05) is 0 Å². The van der Waals surface area contributed by atoms with Crippen LogP contribution in [0, 0.1) is 0 Å². The molecule has 1 saturated carbocycles. The molecular formula is C7H8BrNOS. The van der Waals surface area contributed by atoms with Crippen LogP contribution in [0.3, 0.4) is 0 Å². The van der Waals surface area contributed by atoms with Gasteiger partial charge in [0.15, 0.2) is 3.92 Å². The zero-order valence-corrected chi connectivity index (χ0v) is 8.28. The molecule has 0 aliphatic heterocycles. The summed E-state index contributed by atoms with van der Waals surface area (Å²) >= 11 is 4.85. The number of rotatable bonds is 2. The maximum absolute atomic E-state index is 9.54. The highest BCUT2D eigenvalue weighted by atomic mass is 79.9. The average Bonchev–Trinajstić information content (AvgIpc) is 2.49. The molecule has 0 bridgehead atoms. The largest absolute Gasteiger partial charge is 0.389 e. The van der Waals surface area contributed by atoms with Crippen LogP contribution in [0.15, 0.2) is 9.30 Å². The van der Waals surface area contributed by atoms with Crippen LogP contribution < -0.4 is 0 Å². The lowest BCUT2D eigenvalue weighted by atomic mass is 10.2. The first-order valence-corrected chi connectivity index (χ1v) is 5.18. The van der Waals surface area contributed by atoms with Gasteiger partial charge < -0.3 is 5.11 Å². The van der Waals surface area contributed by atoms with Gasteiger partial charge in [0.25, 0.3) is 0 Å². The van der Waals surface area contributed by atoms with Crippen LogP contribution >= 0.6 is 27.3 Å². The van der Waals surface area contributed by atoms with E-state index in [4.69, 9.17) is 0 Å². The van der Waals surface area contributed by atoms with E-state index in [0.29, 0.717) is 0 Å². The number of hydrogen-bond donors (Lipinski definition) is 1. The standard InChI is InChI=1S/C7H8BrNOS/c8-6-9-5(4-11-6)3-7(10)1-2-7/h4,10H,1-3H2.